The minimum atomic E-state index is -0.722. The van der Waals surface area contributed by atoms with Gasteiger partial charge in [-0.25, -0.2) is 4.39 Å². The zero-order valence-corrected chi connectivity index (χ0v) is 10.7. The summed E-state index contributed by atoms with van der Waals surface area (Å²) >= 11 is 0. The molecule has 3 rings (SSSR count). The van der Waals surface area contributed by atoms with Gasteiger partial charge in [0.2, 0.25) is 5.91 Å². The molecular formula is C14H18FN3O. The molecule has 2 aliphatic rings. The molecular weight excluding hydrogens is 245 g/mol. The molecule has 1 saturated carbocycles. The summed E-state index contributed by atoms with van der Waals surface area (Å²) in [5, 5.41) is 3.21. The van der Waals surface area contributed by atoms with Crippen LogP contribution in [0.4, 0.5) is 10.1 Å². The fourth-order valence-corrected chi connectivity index (χ4v) is 2.76. The molecule has 19 heavy (non-hydrogen) atoms. The van der Waals surface area contributed by atoms with E-state index in [9.17, 15) is 9.18 Å². The Morgan fingerprint density at radius 2 is 2.05 bits per heavy atom. The van der Waals surface area contributed by atoms with Gasteiger partial charge in [0.25, 0.3) is 0 Å². The molecule has 2 fully saturated rings. The number of anilines is 1. The number of rotatable bonds is 4. The molecule has 1 atom stereocenters. The summed E-state index contributed by atoms with van der Waals surface area (Å²) in [7, 11) is 0. The van der Waals surface area contributed by atoms with Gasteiger partial charge in [0.1, 0.15) is 11.4 Å². The number of nitrogens with one attached hydrogen (secondary N) is 1. The van der Waals surface area contributed by atoms with Gasteiger partial charge in [-0.2, -0.15) is 0 Å². The number of primary amides is 1. The van der Waals surface area contributed by atoms with E-state index in [2.05, 4.69) is 10.2 Å². The summed E-state index contributed by atoms with van der Waals surface area (Å²) in [6.45, 7) is 1.53. The molecule has 0 bridgehead atoms. The number of benzene rings is 1. The van der Waals surface area contributed by atoms with Crippen molar-refractivity contribution < 1.29 is 9.18 Å². The van der Waals surface area contributed by atoms with E-state index in [0.717, 1.165) is 12.2 Å². The predicted octanol–water partition coefficient (Wildman–Crippen LogP) is 1.33. The van der Waals surface area contributed by atoms with Gasteiger partial charge in [0.15, 0.2) is 0 Å². The average Bonchev–Trinajstić information content (AvgIpc) is 3.14. The highest BCUT2D eigenvalue weighted by Gasteiger charge is 2.47. The van der Waals surface area contributed by atoms with Crippen molar-refractivity contribution in [1.82, 2.24) is 4.90 Å². The van der Waals surface area contributed by atoms with Crippen LogP contribution in [0, 0.1) is 5.82 Å². The summed E-state index contributed by atoms with van der Waals surface area (Å²) in [4.78, 5) is 14.2. The smallest absolute Gasteiger partial charge is 0.244 e. The van der Waals surface area contributed by atoms with Gasteiger partial charge in [-0.15, -0.1) is 0 Å². The Hall–Kier alpha value is -1.62. The lowest BCUT2D eigenvalue weighted by Crippen LogP contribution is -2.52. The zero-order valence-electron chi connectivity index (χ0n) is 10.7. The van der Waals surface area contributed by atoms with Crippen molar-refractivity contribution in [2.75, 3.05) is 18.4 Å². The highest BCUT2D eigenvalue weighted by Crippen LogP contribution is 2.35. The lowest BCUT2D eigenvalue weighted by Gasteiger charge is -2.28. The van der Waals surface area contributed by atoms with Gasteiger partial charge >= 0.3 is 0 Å². The molecule has 1 amide bonds. The van der Waals surface area contributed by atoms with Gasteiger partial charge in [-0.05, 0) is 43.5 Å². The van der Waals surface area contributed by atoms with E-state index in [1.165, 1.54) is 25.0 Å². The molecule has 4 nitrogen and oxygen atoms in total. The van der Waals surface area contributed by atoms with E-state index in [-0.39, 0.29) is 11.7 Å². The van der Waals surface area contributed by atoms with E-state index in [0.29, 0.717) is 19.0 Å². The number of hydrogen-bond donors (Lipinski definition) is 2. The van der Waals surface area contributed by atoms with Crippen LogP contribution in [0.15, 0.2) is 24.3 Å². The fourth-order valence-electron chi connectivity index (χ4n) is 2.76. The predicted molar refractivity (Wildman–Crippen MR) is 71.2 cm³/mol. The molecule has 1 saturated heterocycles. The Bertz CT molecular complexity index is 486. The second-order valence-corrected chi connectivity index (χ2v) is 5.53. The molecule has 1 unspecified atom stereocenters. The Labute approximate surface area is 111 Å². The van der Waals surface area contributed by atoms with Gasteiger partial charge in [-0.1, -0.05) is 0 Å². The first-order valence-corrected chi connectivity index (χ1v) is 6.67. The SMILES string of the molecule is NC(=O)C1(Nc2ccc(F)cc2)CCN(C2CC2)C1. The Morgan fingerprint density at radius 3 is 2.63 bits per heavy atom. The number of amides is 1. The van der Waals surface area contributed by atoms with Crippen LogP contribution in [0.25, 0.3) is 0 Å². The van der Waals surface area contributed by atoms with Gasteiger partial charge in [0.05, 0.1) is 0 Å². The van der Waals surface area contributed by atoms with E-state index < -0.39 is 5.54 Å². The summed E-state index contributed by atoms with van der Waals surface area (Å²) in [6.07, 6.45) is 3.13. The second-order valence-electron chi connectivity index (χ2n) is 5.53. The number of carbonyl (C=O) groups excluding carboxylic acids is 1. The first-order valence-electron chi connectivity index (χ1n) is 6.67. The van der Waals surface area contributed by atoms with E-state index in [4.69, 9.17) is 5.73 Å². The molecule has 0 radical (unpaired) electrons. The Kier molecular flexibility index (Phi) is 2.93. The van der Waals surface area contributed by atoms with E-state index in [1.54, 1.807) is 12.1 Å². The maximum Gasteiger partial charge on any atom is 0.244 e. The molecule has 3 N–H and O–H groups in total. The number of likely N-dealkylation sites (tertiary alicyclic amines) is 1. The Balaban J connectivity index is 1.77. The third-order valence-electron chi connectivity index (χ3n) is 4.06. The molecule has 1 heterocycles. The average molecular weight is 263 g/mol. The largest absolute Gasteiger partial charge is 0.370 e. The van der Waals surface area contributed by atoms with Crippen molar-refractivity contribution in [2.24, 2.45) is 5.73 Å². The number of nitrogens with zero attached hydrogens (tertiary/aromatic N) is 1. The monoisotopic (exact) mass is 263 g/mol. The van der Waals surface area contributed by atoms with Crippen LogP contribution in [-0.2, 0) is 4.79 Å². The molecule has 1 aliphatic carbocycles. The van der Waals surface area contributed by atoms with Crippen molar-refractivity contribution in [3.05, 3.63) is 30.1 Å². The van der Waals surface area contributed by atoms with Crippen LogP contribution in [-0.4, -0.2) is 35.5 Å². The minimum Gasteiger partial charge on any atom is -0.370 e. The fraction of sp³-hybridized carbons (Fsp3) is 0.500. The van der Waals surface area contributed by atoms with Crippen LogP contribution in [0.5, 0.6) is 0 Å². The van der Waals surface area contributed by atoms with E-state index >= 15 is 0 Å². The van der Waals surface area contributed by atoms with Crippen molar-refractivity contribution in [2.45, 2.75) is 30.8 Å². The maximum absolute atomic E-state index is 12.9. The molecule has 1 aromatic carbocycles. The molecule has 102 valence electrons. The standard InChI is InChI=1S/C14H18FN3O/c15-10-1-3-11(4-2-10)17-14(13(16)19)7-8-18(9-14)12-5-6-12/h1-4,12,17H,5-9H2,(H2,16,19). The van der Waals surface area contributed by atoms with Crippen molar-refractivity contribution in [3.8, 4) is 0 Å². The number of hydrogen-bond acceptors (Lipinski definition) is 3. The number of nitrogens with two attached hydrogens (primary N) is 1. The molecule has 5 heteroatoms. The number of carbonyl (C=O) groups is 1. The first-order chi connectivity index (χ1) is 9.09. The van der Waals surface area contributed by atoms with Gasteiger partial charge < -0.3 is 11.1 Å². The van der Waals surface area contributed by atoms with Gasteiger partial charge in [-0.3, -0.25) is 9.69 Å². The normalized spacial score (nSPS) is 27.4. The first kappa shape index (κ1) is 12.4. The van der Waals surface area contributed by atoms with Crippen molar-refractivity contribution in [3.63, 3.8) is 0 Å². The maximum atomic E-state index is 12.9. The summed E-state index contributed by atoms with van der Waals surface area (Å²) in [6, 6.07) is 6.66. The number of halogens is 1. The molecule has 1 aliphatic heterocycles. The van der Waals surface area contributed by atoms with E-state index in [1.807, 2.05) is 0 Å². The summed E-state index contributed by atoms with van der Waals surface area (Å²) in [5.74, 6) is -0.621. The quantitative estimate of drug-likeness (QED) is 0.861. The zero-order chi connectivity index (χ0) is 13.5. The lowest BCUT2D eigenvalue weighted by molar-refractivity contribution is -0.121. The summed E-state index contributed by atoms with van der Waals surface area (Å²) < 4.78 is 12.9. The third-order valence-corrected chi connectivity index (χ3v) is 4.06. The highest BCUT2D eigenvalue weighted by atomic mass is 19.1. The molecule has 1 aromatic rings. The third kappa shape index (κ3) is 2.42. The van der Waals surface area contributed by atoms with Crippen LogP contribution in [0.3, 0.4) is 0 Å². The van der Waals surface area contributed by atoms with Crippen LogP contribution >= 0.6 is 0 Å². The molecule has 0 aromatic heterocycles. The van der Waals surface area contributed by atoms with Crippen molar-refractivity contribution >= 4 is 11.6 Å². The second kappa shape index (κ2) is 4.49. The topological polar surface area (TPSA) is 58.4 Å². The van der Waals surface area contributed by atoms with Crippen LogP contribution in [0.2, 0.25) is 0 Å². The van der Waals surface area contributed by atoms with Crippen molar-refractivity contribution in [1.29, 1.82) is 0 Å². The highest BCUT2D eigenvalue weighted by molar-refractivity contribution is 5.88. The summed E-state index contributed by atoms with van der Waals surface area (Å²) in [5.41, 5.74) is 5.60. The van der Waals surface area contributed by atoms with Crippen LogP contribution < -0.4 is 11.1 Å². The minimum absolute atomic E-state index is 0.287. The Morgan fingerprint density at radius 1 is 1.37 bits per heavy atom. The van der Waals surface area contributed by atoms with Crippen LogP contribution in [0.1, 0.15) is 19.3 Å². The molecule has 0 spiro atoms. The lowest BCUT2D eigenvalue weighted by atomic mass is 9.97. The van der Waals surface area contributed by atoms with Gasteiger partial charge in [0, 0.05) is 24.8 Å².